The zero-order chi connectivity index (χ0) is 14.1. The van der Waals surface area contributed by atoms with Crippen LogP contribution in [0.4, 0.5) is 0 Å². The largest absolute Gasteiger partial charge is 0.342 e. The van der Waals surface area contributed by atoms with E-state index in [9.17, 15) is 4.79 Å². The van der Waals surface area contributed by atoms with Crippen LogP contribution in [0.3, 0.4) is 0 Å². The average molecular weight is 291 g/mol. The number of carbonyl (C=O) groups is 1. The molecular formula is C13H17N5OS. The van der Waals surface area contributed by atoms with E-state index in [0.717, 1.165) is 30.7 Å². The molecule has 2 aromatic rings. The number of hydrogen-bond acceptors (Lipinski definition) is 5. The zero-order valence-electron chi connectivity index (χ0n) is 11.5. The Bertz CT molecular complexity index is 606. The van der Waals surface area contributed by atoms with Crippen LogP contribution in [0.1, 0.15) is 52.9 Å². The van der Waals surface area contributed by atoms with Crippen LogP contribution in [0.2, 0.25) is 0 Å². The average Bonchev–Trinajstić information content (AvgIpc) is 3.07. The third-order valence-corrected chi connectivity index (χ3v) is 4.79. The molecule has 2 aromatic heterocycles. The number of carbonyl (C=O) groups excluding carboxylic acids is 1. The van der Waals surface area contributed by atoms with Gasteiger partial charge in [0, 0.05) is 10.3 Å². The van der Waals surface area contributed by atoms with Gasteiger partial charge in [-0.1, -0.05) is 12.1 Å². The summed E-state index contributed by atoms with van der Waals surface area (Å²) in [6, 6.07) is -0.251. The summed E-state index contributed by atoms with van der Waals surface area (Å²) < 4.78 is 0. The fraction of sp³-hybridized carbons (Fsp3) is 0.538. The summed E-state index contributed by atoms with van der Waals surface area (Å²) in [5, 5.41) is 18.6. The van der Waals surface area contributed by atoms with Gasteiger partial charge < -0.3 is 5.32 Å². The normalized spacial score (nSPS) is 19.4. The van der Waals surface area contributed by atoms with Crippen LogP contribution in [-0.4, -0.2) is 26.5 Å². The molecule has 2 unspecified atom stereocenters. The van der Waals surface area contributed by atoms with Gasteiger partial charge in [-0.2, -0.15) is 5.21 Å². The molecule has 2 heterocycles. The summed E-state index contributed by atoms with van der Waals surface area (Å²) in [6.07, 6.45) is 3.25. The lowest BCUT2D eigenvalue weighted by atomic mass is 9.88. The first-order valence-electron chi connectivity index (χ1n) is 6.78. The van der Waals surface area contributed by atoms with E-state index in [1.807, 2.05) is 12.3 Å². The van der Waals surface area contributed by atoms with Crippen molar-refractivity contribution in [3.05, 3.63) is 27.2 Å². The maximum atomic E-state index is 12.4. The molecule has 2 N–H and O–H groups in total. The third-order valence-electron chi connectivity index (χ3n) is 3.74. The SMILES string of the molecule is CC1CCc2c(C(=O)NC(C)c3nn[nH]n3)csc2C1. The Balaban J connectivity index is 1.75. The number of rotatable bonds is 3. The molecule has 7 heteroatoms. The van der Waals surface area contributed by atoms with E-state index in [1.54, 1.807) is 11.3 Å². The van der Waals surface area contributed by atoms with Gasteiger partial charge >= 0.3 is 0 Å². The number of tetrazole rings is 1. The van der Waals surface area contributed by atoms with E-state index in [-0.39, 0.29) is 11.9 Å². The molecule has 20 heavy (non-hydrogen) atoms. The van der Waals surface area contributed by atoms with Crippen molar-refractivity contribution in [2.45, 2.75) is 39.2 Å². The number of hydrogen-bond donors (Lipinski definition) is 2. The molecule has 1 amide bonds. The van der Waals surface area contributed by atoms with Crippen LogP contribution < -0.4 is 5.32 Å². The molecule has 6 nitrogen and oxygen atoms in total. The predicted molar refractivity (Wildman–Crippen MR) is 75.6 cm³/mol. The van der Waals surface area contributed by atoms with E-state index >= 15 is 0 Å². The van der Waals surface area contributed by atoms with Gasteiger partial charge in [-0.05, 0) is 37.7 Å². The van der Waals surface area contributed by atoms with Crippen molar-refractivity contribution < 1.29 is 4.79 Å². The molecule has 0 aromatic carbocycles. The molecule has 0 radical (unpaired) electrons. The molecule has 0 aliphatic heterocycles. The molecule has 0 saturated heterocycles. The standard InChI is InChI=1S/C13H17N5OS/c1-7-3-4-9-10(6-20-11(9)5-7)13(19)14-8(2)12-15-17-18-16-12/h6-8H,3-5H2,1-2H3,(H,14,19)(H,15,16,17,18). The quantitative estimate of drug-likeness (QED) is 0.904. The van der Waals surface area contributed by atoms with Crippen molar-refractivity contribution in [2.24, 2.45) is 5.92 Å². The van der Waals surface area contributed by atoms with Crippen LogP contribution in [0.15, 0.2) is 5.38 Å². The number of thiophene rings is 1. The van der Waals surface area contributed by atoms with Crippen LogP contribution in [-0.2, 0) is 12.8 Å². The van der Waals surface area contributed by atoms with Gasteiger partial charge in [-0.15, -0.1) is 21.5 Å². The molecule has 2 atom stereocenters. The van der Waals surface area contributed by atoms with Gasteiger partial charge in [0.2, 0.25) is 0 Å². The smallest absolute Gasteiger partial charge is 0.252 e. The highest BCUT2D eigenvalue weighted by atomic mass is 32.1. The van der Waals surface area contributed by atoms with Gasteiger partial charge in [-0.3, -0.25) is 4.79 Å². The summed E-state index contributed by atoms with van der Waals surface area (Å²) in [7, 11) is 0. The summed E-state index contributed by atoms with van der Waals surface area (Å²) in [5.41, 5.74) is 2.04. The van der Waals surface area contributed by atoms with E-state index < -0.39 is 0 Å². The van der Waals surface area contributed by atoms with Crippen molar-refractivity contribution in [3.8, 4) is 0 Å². The van der Waals surface area contributed by atoms with E-state index in [1.165, 1.54) is 10.4 Å². The molecule has 1 aliphatic rings. The van der Waals surface area contributed by atoms with Crippen molar-refractivity contribution in [1.82, 2.24) is 25.9 Å². The first-order valence-corrected chi connectivity index (χ1v) is 7.66. The molecule has 0 spiro atoms. The Hall–Kier alpha value is -1.76. The maximum absolute atomic E-state index is 12.4. The second kappa shape index (κ2) is 5.32. The summed E-state index contributed by atoms with van der Waals surface area (Å²) in [6.45, 7) is 4.12. The number of aromatic nitrogens is 4. The zero-order valence-corrected chi connectivity index (χ0v) is 12.3. The minimum atomic E-state index is -0.251. The van der Waals surface area contributed by atoms with Crippen molar-refractivity contribution >= 4 is 17.2 Å². The Morgan fingerprint density at radius 2 is 2.45 bits per heavy atom. The summed E-state index contributed by atoms with van der Waals surface area (Å²) in [5.74, 6) is 1.17. The lowest BCUT2D eigenvalue weighted by Gasteiger charge is -2.19. The number of H-pyrrole nitrogens is 1. The van der Waals surface area contributed by atoms with Gasteiger partial charge in [-0.25, -0.2) is 0 Å². The molecule has 3 rings (SSSR count). The minimum absolute atomic E-state index is 0.0469. The van der Waals surface area contributed by atoms with E-state index in [0.29, 0.717) is 5.82 Å². The minimum Gasteiger partial charge on any atom is -0.342 e. The summed E-state index contributed by atoms with van der Waals surface area (Å²) >= 11 is 1.70. The molecule has 0 fully saturated rings. The topological polar surface area (TPSA) is 83.6 Å². The predicted octanol–water partition coefficient (Wildman–Crippen LogP) is 1.88. The maximum Gasteiger partial charge on any atom is 0.252 e. The van der Waals surface area contributed by atoms with Gasteiger partial charge in [0.05, 0.1) is 11.6 Å². The van der Waals surface area contributed by atoms with E-state index in [4.69, 9.17) is 0 Å². The monoisotopic (exact) mass is 291 g/mol. The van der Waals surface area contributed by atoms with Crippen LogP contribution in [0.25, 0.3) is 0 Å². The van der Waals surface area contributed by atoms with E-state index in [2.05, 4.69) is 32.9 Å². The number of aromatic amines is 1. The van der Waals surface area contributed by atoms with Gasteiger partial charge in [0.15, 0.2) is 5.82 Å². The Labute approximate surface area is 121 Å². The Kier molecular flexibility index (Phi) is 3.52. The molecule has 0 saturated carbocycles. The Morgan fingerprint density at radius 1 is 1.60 bits per heavy atom. The fourth-order valence-corrected chi connectivity index (χ4v) is 3.80. The van der Waals surface area contributed by atoms with Crippen molar-refractivity contribution in [2.75, 3.05) is 0 Å². The number of nitrogens with zero attached hydrogens (tertiary/aromatic N) is 3. The number of nitrogens with one attached hydrogen (secondary N) is 2. The van der Waals surface area contributed by atoms with Crippen molar-refractivity contribution in [1.29, 1.82) is 0 Å². The number of fused-ring (bicyclic) bond motifs is 1. The van der Waals surface area contributed by atoms with Crippen LogP contribution >= 0.6 is 11.3 Å². The number of amides is 1. The van der Waals surface area contributed by atoms with Crippen LogP contribution in [0.5, 0.6) is 0 Å². The Morgan fingerprint density at radius 3 is 3.20 bits per heavy atom. The summed E-state index contributed by atoms with van der Waals surface area (Å²) in [4.78, 5) is 13.7. The molecule has 0 bridgehead atoms. The fourth-order valence-electron chi connectivity index (χ4n) is 2.56. The molecule has 106 valence electrons. The van der Waals surface area contributed by atoms with Crippen LogP contribution in [0, 0.1) is 5.92 Å². The highest BCUT2D eigenvalue weighted by Crippen LogP contribution is 2.32. The highest BCUT2D eigenvalue weighted by molar-refractivity contribution is 7.10. The third kappa shape index (κ3) is 2.45. The molecule has 1 aliphatic carbocycles. The molecular weight excluding hydrogens is 274 g/mol. The van der Waals surface area contributed by atoms with Gasteiger partial charge in [0.1, 0.15) is 0 Å². The lowest BCUT2D eigenvalue weighted by molar-refractivity contribution is 0.0937. The first-order chi connectivity index (χ1) is 9.65. The second-order valence-corrected chi connectivity index (χ2v) is 6.33. The van der Waals surface area contributed by atoms with Crippen molar-refractivity contribution in [3.63, 3.8) is 0 Å². The second-order valence-electron chi connectivity index (χ2n) is 5.36. The highest BCUT2D eigenvalue weighted by Gasteiger charge is 2.24. The first kappa shape index (κ1) is 13.2. The lowest BCUT2D eigenvalue weighted by Crippen LogP contribution is -2.28. The van der Waals surface area contributed by atoms with Gasteiger partial charge in [0.25, 0.3) is 5.91 Å².